The van der Waals surface area contributed by atoms with Gasteiger partial charge in [0, 0.05) is 12.6 Å². The van der Waals surface area contributed by atoms with Crippen LogP contribution in [0.15, 0.2) is 12.1 Å². The summed E-state index contributed by atoms with van der Waals surface area (Å²) >= 11 is 0. The lowest BCUT2D eigenvalue weighted by atomic mass is 10.0. The molecule has 0 saturated carbocycles. The van der Waals surface area contributed by atoms with Gasteiger partial charge in [-0.25, -0.2) is 0 Å². The molecule has 1 atom stereocenters. The third-order valence-electron chi connectivity index (χ3n) is 3.88. The van der Waals surface area contributed by atoms with Crippen molar-refractivity contribution in [3.8, 4) is 17.2 Å². The van der Waals surface area contributed by atoms with Crippen LogP contribution < -0.4 is 19.9 Å². The molecule has 1 aromatic rings. The van der Waals surface area contributed by atoms with E-state index in [9.17, 15) is 0 Å². The molecule has 0 radical (unpaired) electrons. The fourth-order valence-electron chi connectivity index (χ4n) is 2.84. The maximum atomic E-state index is 5.98. The summed E-state index contributed by atoms with van der Waals surface area (Å²) in [6.07, 6.45) is 2.47. The van der Waals surface area contributed by atoms with Crippen LogP contribution in [0.5, 0.6) is 17.2 Å². The van der Waals surface area contributed by atoms with Gasteiger partial charge in [0.25, 0.3) is 0 Å². The van der Waals surface area contributed by atoms with Gasteiger partial charge in [0.2, 0.25) is 5.75 Å². The van der Waals surface area contributed by atoms with E-state index in [4.69, 9.17) is 19.9 Å². The third kappa shape index (κ3) is 2.83. The van der Waals surface area contributed by atoms with Crippen molar-refractivity contribution < 1.29 is 14.2 Å². The predicted molar refractivity (Wildman–Crippen MR) is 78.7 cm³/mol. The molecule has 0 amide bonds. The first-order chi connectivity index (χ1) is 9.74. The van der Waals surface area contributed by atoms with Crippen molar-refractivity contribution in [1.29, 1.82) is 0 Å². The van der Waals surface area contributed by atoms with Gasteiger partial charge in [-0.1, -0.05) is 0 Å². The van der Waals surface area contributed by atoms with Gasteiger partial charge in [-0.3, -0.25) is 4.90 Å². The number of rotatable bonds is 6. The second-order valence-corrected chi connectivity index (χ2v) is 4.95. The summed E-state index contributed by atoms with van der Waals surface area (Å²) in [5.41, 5.74) is 7.10. The SMILES string of the molecule is COc1cc(C(CN)N2CCCC2)cc(OC)c1OC. The molecule has 5 nitrogen and oxygen atoms in total. The van der Waals surface area contributed by atoms with Gasteiger partial charge < -0.3 is 19.9 Å². The molecule has 1 aliphatic rings. The van der Waals surface area contributed by atoms with Crippen molar-refractivity contribution in [2.75, 3.05) is 41.0 Å². The van der Waals surface area contributed by atoms with E-state index in [1.807, 2.05) is 12.1 Å². The number of ether oxygens (including phenoxy) is 3. The topological polar surface area (TPSA) is 57.0 Å². The summed E-state index contributed by atoms with van der Waals surface area (Å²) in [6, 6.07) is 4.19. The summed E-state index contributed by atoms with van der Waals surface area (Å²) in [4.78, 5) is 2.42. The molecule has 0 spiro atoms. The Hall–Kier alpha value is -1.46. The highest BCUT2D eigenvalue weighted by Crippen LogP contribution is 2.40. The van der Waals surface area contributed by atoms with Crippen molar-refractivity contribution in [2.24, 2.45) is 5.73 Å². The standard InChI is InChI=1S/C15H24N2O3/c1-18-13-8-11(9-14(19-2)15(13)20-3)12(10-16)17-6-4-5-7-17/h8-9,12H,4-7,10,16H2,1-3H3. The zero-order valence-corrected chi connectivity index (χ0v) is 12.5. The van der Waals surface area contributed by atoms with Crippen molar-refractivity contribution in [3.63, 3.8) is 0 Å². The van der Waals surface area contributed by atoms with E-state index < -0.39 is 0 Å². The maximum Gasteiger partial charge on any atom is 0.203 e. The minimum absolute atomic E-state index is 0.200. The second-order valence-electron chi connectivity index (χ2n) is 4.95. The molecule has 0 bridgehead atoms. The molecule has 1 fully saturated rings. The Bertz CT molecular complexity index is 420. The Morgan fingerprint density at radius 1 is 1.05 bits per heavy atom. The zero-order chi connectivity index (χ0) is 14.5. The molecule has 2 N–H and O–H groups in total. The van der Waals surface area contributed by atoms with Gasteiger partial charge in [0.05, 0.1) is 21.3 Å². The van der Waals surface area contributed by atoms with Crippen LogP contribution in [0.2, 0.25) is 0 Å². The Labute approximate surface area is 120 Å². The molecule has 0 aliphatic carbocycles. The summed E-state index contributed by atoms with van der Waals surface area (Å²) < 4.78 is 16.2. The van der Waals surface area contributed by atoms with Crippen LogP contribution in [0.3, 0.4) is 0 Å². The van der Waals surface area contributed by atoms with E-state index in [0.29, 0.717) is 23.8 Å². The lowest BCUT2D eigenvalue weighted by Crippen LogP contribution is -2.31. The average Bonchev–Trinajstić information content (AvgIpc) is 3.00. The minimum atomic E-state index is 0.200. The number of nitrogens with zero attached hydrogens (tertiary/aromatic N) is 1. The van der Waals surface area contributed by atoms with Gasteiger partial charge in [-0.05, 0) is 43.6 Å². The quantitative estimate of drug-likeness (QED) is 0.861. The predicted octanol–water partition coefficient (Wildman–Crippen LogP) is 1.81. The molecule has 2 rings (SSSR count). The van der Waals surface area contributed by atoms with Crippen LogP contribution in [0.1, 0.15) is 24.4 Å². The Morgan fingerprint density at radius 2 is 1.60 bits per heavy atom. The van der Waals surface area contributed by atoms with Crippen molar-refractivity contribution in [3.05, 3.63) is 17.7 Å². The summed E-state index contributed by atoms with van der Waals surface area (Å²) in [7, 11) is 4.88. The highest BCUT2D eigenvalue weighted by Gasteiger charge is 2.25. The average molecular weight is 280 g/mol. The molecule has 112 valence electrons. The number of likely N-dealkylation sites (tertiary alicyclic amines) is 1. The van der Waals surface area contributed by atoms with E-state index in [-0.39, 0.29) is 6.04 Å². The van der Waals surface area contributed by atoms with Crippen LogP contribution >= 0.6 is 0 Å². The van der Waals surface area contributed by atoms with Crippen molar-refractivity contribution in [1.82, 2.24) is 4.90 Å². The first-order valence-corrected chi connectivity index (χ1v) is 6.99. The summed E-state index contributed by atoms with van der Waals surface area (Å²) in [5.74, 6) is 1.98. The van der Waals surface area contributed by atoms with Gasteiger partial charge in [0.1, 0.15) is 0 Å². The smallest absolute Gasteiger partial charge is 0.203 e. The van der Waals surface area contributed by atoms with Crippen molar-refractivity contribution >= 4 is 0 Å². The van der Waals surface area contributed by atoms with Crippen LogP contribution in [-0.2, 0) is 0 Å². The van der Waals surface area contributed by atoms with E-state index in [1.54, 1.807) is 21.3 Å². The molecule has 1 heterocycles. The van der Waals surface area contributed by atoms with Crippen LogP contribution in [0, 0.1) is 0 Å². The van der Waals surface area contributed by atoms with Crippen LogP contribution in [0.25, 0.3) is 0 Å². The second kappa shape index (κ2) is 6.81. The lowest BCUT2D eigenvalue weighted by Gasteiger charge is -2.27. The summed E-state index contributed by atoms with van der Waals surface area (Å²) in [6.45, 7) is 2.77. The fourth-order valence-corrected chi connectivity index (χ4v) is 2.84. The third-order valence-corrected chi connectivity index (χ3v) is 3.88. The van der Waals surface area contributed by atoms with Gasteiger partial charge >= 0.3 is 0 Å². The zero-order valence-electron chi connectivity index (χ0n) is 12.5. The fraction of sp³-hybridized carbons (Fsp3) is 0.600. The number of hydrogen-bond donors (Lipinski definition) is 1. The lowest BCUT2D eigenvalue weighted by molar-refractivity contribution is 0.249. The first-order valence-electron chi connectivity index (χ1n) is 6.99. The highest BCUT2D eigenvalue weighted by atomic mass is 16.5. The molecule has 1 saturated heterocycles. The molecule has 5 heteroatoms. The molecule has 1 unspecified atom stereocenters. The first kappa shape index (κ1) is 14.9. The van der Waals surface area contributed by atoms with Gasteiger partial charge in [-0.2, -0.15) is 0 Å². The molecule has 20 heavy (non-hydrogen) atoms. The Kier molecular flexibility index (Phi) is 5.09. The number of benzene rings is 1. The molecular weight excluding hydrogens is 256 g/mol. The number of methoxy groups -OCH3 is 3. The normalized spacial score (nSPS) is 17.0. The molecular formula is C15H24N2O3. The van der Waals surface area contributed by atoms with Gasteiger partial charge in [0.15, 0.2) is 11.5 Å². The number of nitrogens with two attached hydrogens (primary N) is 1. The highest BCUT2D eigenvalue weighted by molar-refractivity contribution is 5.54. The van der Waals surface area contributed by atoms with E-state index in [2.05, 4.69) is 4.90 Å². The Morgan fingerprint density at radius 3 is 2.00 bits per heavy atom. The monoisotopic (exact) mass is 280 g/mol. The molecule has 0 aromatic heterocycles. The van der Waals surface area contributed by atoms with E-state index in [0.717, 1.165) is 18.7 Å². The summed E-state index contributed by atoms with van der Waals surface area (Å²) in [5, 5.41) is 0. The van der Waals surface area contributed by atoms with Crippen LogP contribution in [0.4, 0.5) is 0 Å². The number of hydrogen-bond acceptors (Lipinski definition) is 5. The maximum absolute atomic E-state index is 5.98. The molecule has 1 aliphatic heterocycles. The molecule has 1 aromatic carbocycles. The largest absolute Gasteiger partial charge is 0.493 e. The van der Waals surface area contributed by atoms with Gasteiger partial charge in [-0.15, -0.1) is 0 Å². The van der Waals surface area contributed by atoms with E-state index >= 15 is 0 Å². The van der Waals surface area contributed by atoms with Crippen molar-refractivity contribution in [2.45, 2.75) is 18.9 Å². The minimum Gasteiger partial charge on any atom is -0.493 e. The van der Waals surface area contributed by atoms with E-state index in [1.165, 1.54) is 12.8 Å². The van der Waals surface area contributed by atoms with Crippen LogP contribution in [-0.4, -0.2) is 45.9 Å². The Balaban J connectivity index is 2.39.